The van der Waals surface area contributed by atoms with Crippen LogP contribution in [0.2, 0.25) is 10.0 Å². The fraction of sp³-hybridized carbons (Fsp3) is 0.0667. The highest BCUT2D eigenvalue weighted by Gasteiger charge is 2.12. The maximum atomic E-state index is 12.1. The number of halogens is 2. The molecule has 0 aromatic heterocycles. The normalized spacial score (nSPS) is 10.2. The zero-order valence-electron chi connectivity index (χ0n) is 10.6. The molecule has 1 N–H and O–H groups in total. The summed E-state index contributed by atoms with van der Waals surface area (Å²) in [7, 11) is 0. The third kappa shape index (κ3) is 3.38. The van der Waals surface area contributed by atoms with E-state index in [2.05, 4.69) is 5.32 Å². The number of rotatable bonds is 3. The van der Waals surface area contributed by atoms with E-state index in [1.807, 2.05) is 0 Å². The van der Waals surface area contributed by atoms with Gasteiger partial charge in [0.1, 0.15) is 0 Å². The number of hydrogen-bond acceptors (Lipinski definition) is 2. The Kier molecular flexibility index (Phi) is 4.42. The van der Waals surface area contributed by atoms with Gasteiger partial charge in [-0.15, -0.1) is 0 Å². The minimum absolute atomic E-state index is 0.168. The van der Waals surface area contributed by atoms with Gasteiger partial charge in [-0.1, -0.05) is 23.2 Å². The van der Waals surface area contributed by atoms with Crippen LogP contribution in [0.1, 0.15) is 27.6 Å². The van der Waals surface area contributed by atoms with Gasteiger partial charge in [0.15, 0.2) is 5.78 Å². The highest BCUT2D eigenvalue weighted by atomic mass is 35.5. The van der Waals surface area contributed by atoms with E-state index >= 15 is 0 Å². The van der Waals surface area contributed by atoms with Crippen LogP contribution in [0, 0.1) is 0 Å². The van der Waals surface area contributed by atoms with E-state index in [4.69, 9.17) is 23.2 Å². The van der Waals surface area contributed by atoms with Crippen molar-refractivity contribution in [1.82, 2.24) is 0 Å². The average Bonchev–Trinajstić information content (AvgIpc) is 2.41. The largest absolute Gasteiger partial charge is 0.321 e. The van der Waals surface area contributed by atoms with Crippen LogP contribution in [0.4, 0.5) is 5.69 Å². The van der Waals surface area contributed by atoms with E-state index in [0.717, 1.165) is 0 Å². The Morgan fingerprint density at radius 2 is 1.55 bits per heavy atom. The van der Waals surface area contributed by atoms with E-state index in [1.54, 1.807) is 36.4 Å². The summed E-state index contributed by atoms with van der Waals surface area (Å²) in [6.07, 6.45) is 0. The quantitative estimate of drug-likeness (QED) is 0.852. The van der Waals surface area contributed by atoms with Crippen molar-refractivity contribution >= 4 is 40.6 Å². The fourth-order valence-electron chi connectivity index (χ4n) is 1.71. The van der Waals surface area contributed by atoms with Crippen molar-refractivity contribution in [3.8, 4) is 0 Å². The second-order valence-corrected chi connectivity index (χ2v) is 5.08. The molecule has 0 radical (unpaired) electrons. The first-order chi connectivity index (χ1) is 9.47. The number of anilines is 1. The lowest BCUT2D eigenvalue weighted by atomic mass is 10.1. The SMILES string of the molecule is CC(=O)c1cc(Cl)ccc1NC(=O)c1ccc(Cl)cc1. The van der Waals surface area contributed by atoms with E-state index < -0.39 is 0 Å². The van der Waals surface area contributed by atoms with Gasteiger partial charge < -0.3 is 5.32 Å². The van der Waals surface area contributed by atoms with Crippen LogP contribution >= 0.6 is 23.2 Å². The Balaban J connectivity index is 2.28. The molecule has 1 amide bonds. The summed E-state index contributed by atoms with van der Waals surface area (Å²) in [5.74, 6) is -0.481. The van der Waals surface area contributed by atoms with Crippen LogP contribution in [-0.4, -0.2) is 11.7 Å². The van der Waals surface area contributed by atoms with Crippen LogP contribution in [-0.2, 0) is 0 Å². The number of amides is 1. The van der Waals surface area contributed by atoms with Crippen LogP contribution in [0.3, 0.4) is 0 Å². The van der Waals surface area contributed by atoms with Crippen LogP contribution in [0.15, 0.2) is 42.5 Å². The molecule has 0 spiro atoms. The van der Waals surface area contributed by atoms with Crippen molar-refractivity contribution in [2.75, 3.05) is 5.32 Å². The minimum Gasteiger partial charge on any atom is -0.321 e. The summed E-state index contributed by atoms with van der Waals surface area (Å²) < 4.78 is 0. The lowest BCUT2D eigenvalue weighted by Gasteiger charge is -2.09. The predicted octanol–water partition coefficient (Wildman–Crippen LogP) is 4.45. The molecule has 0 saturated heterocycles. The Morgan fingerprint density at radius 1 is 0.950 bits per heavy atom. The number of carbonyl (C=O) groups is 2. The van der Waals surface area contributed by atoms with Gasteiger partial charge in [0.05, 0.1) is 5.69 Å². The van der Waals surface area contributed by atoms with Crippen molar-refractivity contribution in [3.05, 3.63) is 63.6 Å². The molecule has 102 valence electrons. The Morgan fingerprint density at radius 3 is 2.15 bits per heavy atom. The predicted molar refractivity (Wildman–Crippen MR) is 80.9 cm³/mol. The topological polar surface area (TPSA) is 46.2 Å². The average molecular weight is 308 g/mol. The van der Waals surface area contributed by atoms with Gasteiger partial charge in [-0.25, -0.2) is 0 Å². The monoisotopic (exact) mass is 307 g/mol. The van der Waals surface area contributed by atoms with Crippen LogP contribution in [0.25, 0.3) is 0 Å². The summed E-state index contributed by atoms with van der Waals surface area (Å²) >= 11 is 11.6. The van der Waals surface area contributed by atoms with E-state index in [1.165, 1.54) is 13.0 Å². The smallest absolute Gasteiger partial charge is 0.255 e. The minimum atomic E-state index is -0.313. The standard InChI is InChI=1S/C15H11Cl2NO2/c1-9(19)13-8-12(17)6-7-14(13)18-15(20)10-2-4-11(16)5-3-10/h2-8H,1H3,(H,18,20). The molecular formula is C15H11Cl2NO2. The Labute approximate surface area is 126 Å². The fourth-order valence-corrected chi connectivity index (χ4v) is 2.01. The van der Waals surface area contributed by atoms with Gasteiger partial charge in [0.25, 0.3) is 5.91 Å². The van der Waals surface area contributed by atoms with Crippen molar-refractivity contribution in [3.63, 3.8) is 0 Å². The van der Waals surface area contributed by atoms with Gasteiger partial charge in [0.2, 0.25) is 0 Å². The molecule has 0 atom stereocenters. The maximum absolute atomic E-state index is 12.1. The van der Waals surface area contributed by atoms with Crippen molar-refractivity contribution < 1.29 is 9.59 Å². The van der Waals surface area contributed by atoms with E-state index in [0.29, 0.717) is 26.9 Å². The molecule has 20 heavy (non-hydrogen) atoms. The molecule has 0 unspecified atom stereocenters. The molecule has 0 saturated carbocycles. The molecule has 0 aliphatic heterocycles. The summed E-state index contributed by atoms with van der Waals surface area (Å²) in [6.45, 7) is 1.42. The van der Waals surface area contributed by atoms with E-state index in [9.17, 15) is 9.59 Å². The highest BCUT2D eigenvalue weighted by molar-refractivity contribution is 6.31. The van der Waals surface area contributed by atoms with Gasteiger partial charge in [-0.3, -0.25) is 9.59 Å². The molecule has 0 heterocycles. The van der Waals surface area contributed by atoms with Crippen molar-refractivity contribution in [1.29, 1.82) is 0 Å². The number of nitrogens with one attached hydrogen (secondary N) is 1. The molecule has 5 heteroatoms. The number of hydrogen-bond donors (Lipinski definition) is 1. The Hall–Kier alpha value is -1.84. The second-order valence-electron chi connectivity index (χ2n) is 4.21. The third-order valence-electron chi connectivity index (χ3n) is 2.72. The summed E-state index contributed by atoms with van der Waals surface area (Å²) in [6, 6.07) is 11.2. The molecule has 0 fully saturated rings. The molecule has 0 aliphatic carbocycles. The highest BCUT2D eigenvalue weighted by Crippen LogP contribution is 2.22. The number of Topliss-reactive ketones (excluding diaryl/α,β-unsaturated/α-hetero) is 1. The molecule has 0 bridgehead atoms. The molecular weight excluding hydrogens is 297 g/mol. The summed E-state index contributed by atoms with van der Waals surface area (Å²) in [5, 5.41) is 3.69. The molecule has 0 aliphatic rings. The Bertz CT molecular complexity index is 666. The first kappa shape index (κ1) is 14.6. The first-order valence-corrected chi connectivity index (χ1v) is 6.60. The summed E-state index contributed by atoms with van der Waals surface area (Å²) in [4.78, 5) is 23.6. The van der Waals surface area contributed by atoms with Gasteiger partial charge >= 0.3 is 0 Å². The van der Waals surface area contributed by atoms with Crippen molar-refractivity contribution in [2.45, 2.75) is 6.92 Å². The molecule has 2 aromatic rings. The lowest BCUT2D eigenvalue weighted by Crippen LogP contribution is -2.14. The molecule has 2 rings (SSSR count). The zero-order chi connectivity index (χ0) is 14.7. The first-order valence-electron chi connectivity index (χ1n) is 5.85. The lowest BCUT2D eigenvalue weighted by molar-refractivity contribution is 0.101. The summed E-state index contributed by atoms with van der Waals surface area (Å²) in [5.41, 5.74) is 1.26. The number of ketones is 1. The van der Waals surface area contributed by atoms with Gasteiger partial charge in [-0.05, 0) is 49.4 Å². The van der Waals surface area contributed by atoms with Crippen LogP contribution < -0.4 is 5.32 Å². The van der Waals surface area contributed by atoms with Gasteiger partial charge in [0, 0.05) is 21.2 Å². The number of carbonyl (C=O) groups excluding carboxylic acids is 2. The second kappa shape index (κ2) is 6.07. The maximum Gasteiger partial charge on any atom is 0.255 e. The van der Waals surface area contributed by atoms with Crippen LogP contribution in [0.5, 0.6) is 0 Å². The zero-order valence-corrected chi connectivity index (χ0v) is 12.1. The third-order valence-corrected chi connectivity index (χ3v) is 3.20. The van der Waals surface area contributed by atoms with Crippen molar-refractivity contribution in [2.24, 2.45) is 0 Å². The molecule has 3 nitrogen and oxygen atoms in total. The number of benzene rings is 2. The van der Waals surface area contributed by atoms with E-state index in [-0.39, 0.29) is 11.7 Å². The molecule has 2 aromatic carbocycles. The van der Waals surface area contributed by atoms with Gasteiger partial charge in [-0.2, -0.15) is 0 Å².